The molecule has 2 amide bonds. The third-order valence-corrected chi connectivity index (χ3v) is 3.58. The van der Waals surface area contributed by atoms with E-state index in [0.717, 1.165) is 6.07 Å². The Bertz CT molecular complexity index is 720. The summed E-state index contributed by atoms with van der Waals surface area (Å²) in [6.07, 6.45) is 0. The van der Waals surface area contributed by atoms with E-state index in [2.05, 4.69) is 26.8 Å². The van der Waals surface area contributed by atoms with Crippen LogP contribution >= 0.6 is 15.9 Å². The van der Waals surface area contributed by atoms with Gasteiger partial charge in [0, 0.05) is 10.0 Å². The molecule has 7 heteroatoms. The first-order valence-electron chi connectivity index (χ1n) is 6.80. The quantitative estimate of drug-likeness (QED) is 0.800. The molecule has 0 bridgehead atoms. The van der Waals surface area contributed by atoms with E-state index < -0.39 is 17.6 Å². The Morgan fingerprint density at radius 3 is 2.39 bits per heavy atom. The van der Waals surface area contributed by atoms with Gasteiger partial charge in [-0.15, -0.1) is 0 Å². The lowest BCUT2D eigenvalue weighted by atomic mass is 10.2. The number of nitrogens with one attached hydrogen (secondary N) is 2. The van der Waals surface area contributed by atoms with Gasteiger partial charge in [-0.3, -0.25) is 20.4 Å². The molecule has 23 heavy (non-hydrogen) atoms. The number of benzene rings is 2. The van der Waals surface area contributed by atoms with E-state index in [0.29, 0.717) is 22.4 Å². The summed E-state index contributed by atoms with van der Waals surface area (Å²) < 4.78 is 18.9. The van der Waals surface area contributed by atoms with E-state index in [1.165, 1.54) is 12.1 Å². The van der Waals surface area contributed by atoms with Crippen LogP contribution in [0.2, 0.25) is 0 Å². The van der Waals surface area contributed by atoms with Crippen LogP contribution < -0.4 is 15.6 Å². The van der Waals surface area contributed by atoms with Crippen molar-refractivity contribution >= 4 is 27.7 Å². The molecule has 0 spiro atoms. The first-order valence-corrected chi connectivity index (χ1v) is 7.59. The molecule has 5 nitrogen and oxygen atoms in total. The average molecular weight is 381 g/mol. The van der Waals surface area contributed by atoms with Gasteiger partial charge in [-0.1, -0.05) is 0 Å². The van der Waals surface area contributed by atoms with Crippen LogP contribution in [0.15, 0.2) is 46.9 Å². The van der Waals surface area contributed by atoms with E-state index in [-0.39, 0.29) is 5.56 Å². The van der Waals surface area contributed by atoms with Crippen molar-refractivity contribution in [3.8, 4) is 5.75 Å². The molecule has 0 fully saturated rings. The Kier molecular flexibility index (Phi) is 5.70. The van der Waals surface area contributed by atoms with Gasteiger partial charge in [-0.05, 0) is 65.3 Å². The number of hydrogen-bond donors (Lipinski definition) is 2. The van der Waals surface area contributed by atoms with Gasteiger partial charge < -0.3 is 4.74 Å². The fraction of sp³-hybridized carbons (Fsp3) is 0.125. The maximum Gasteiger partial charge on any atom is 0.270 e. The summed E-state index contributed by atoms with van der Waals surface area (Å²) >= 11 is 3.15. The summed E-state index contributed by atoms with van der Waals surface area (Å²) in [6.45, 7) is 2.39. The summed E-state index contributed by atoms with van der Waals surface area (Å²) in [4.78, 5) is 23.9. The van der Waals surface area contributed by atoms with Gasteiger partial charge in [0.1, 0.15) is 11.6 Å². The standard InChI is InChI=1S/C16H14BrFN2O3/c1-2-23-12-6-3-10(4-7-12)15(21)19-20-16(22)13-9-11(18)5-8-14(13)17/h3-9H,2H2,1H3,(H,19,21)(H,20,22). The molecule has 2 rings (SSSR count). The Morgan fingerprint density at radius 1 is 1.09 bits per heavy atom. The molecule has 0 unspecified atom stereocenters. The molecule has 0 aliphatic rings. The second-order valence-electron chi connectivity index (χ2n) is 4.49. The van der Waals surface area contributed by atoms with Crippen molar-refractivity contribution in [2.45, 2.75) is 6.92 Å². The minimum atomic E-state index is -0.629. The van der Waals surface area contributed by atoms with E-state index in [9.17, 15) is 14.0 Å². The highest BCUT2D eigenvalue weighted by atomic mass is 79.9. The van der Waals surface area contributed by atoms with Crippen molar-refractivity contribution in [1.82, 2.24) is 10.9 Å². The van der Waals surface area contributed by atoms with Gasteiger partial charge in [0.15, 0.2) is 0 Å². The van der Waals surface area contributed by atoms with Crippen LogP contribution in [-0.2, 0) is 0 Å². The van der Waals surface area contributed by atoms with Crippen LogP contribution in [0.25, 0.3) is 0 Å². The lowest BCUT2D eigenvalue weighted by Crippen LogP contribution is -2.41. The topological polar surface area (TPSA) is 67.4 Å². The monoisotopic (exact) mass is 380 g/mol. The lowest BCUT2D eigenvalue weighted by molar-refractivity contribution is 0.0846. The summed E-state index contributed by atoms with van der Waals surface area (Å²) in [5.74, 6) is -1.02. The van der Waals surface area contributed by atoms with Crippen LogP contribution in [0.5, 0.6) is 5.75 Å². The second kappa shape index (κ2) is 7.73. The average Bonchev–Trinajstić information content (AvgIpc) is 2.55. The molecular weight excluding hydrogens is 367 g/mol. The van der Waals surface area contributed by atoms with Crippen molar-refractivity contribution in [2.75, 3.05) is 6.61 Å². The minimum absolute atomic E-state index is 0.0805. The SMILES string of the molecule is CCOc1ccc(C(=O)NNC(=O)c2cc(F)ccc2Br)cc1. The predicted molar refractivity (Wildman–Crippen MR) is 86.6 cm³/mol. The molecule has 0 aromatic heterocycles. The largest absolute Gasteiger partial charge is 0.494 e. The molecule has 0 aliphatic heterocycles. The van der Waals surface area contributed by atoms with Crippen molar-refractivity contribution in [3.63, 3.8) is 0 Å². The number of hydrazine groups is 1. The maximum atomic E-state index is 13.2. The van der Waals surface area contributed by atoms with Crippen LogP contribution in [0.1, 0.15) is 27.6 Å². The molecular formula is C16H14BrFN2O3. The van der Waals surface area contributed by atoms with Gasteiger partial charge in [0.05, 0.1) is 12.2 Å². The zero-order chi connectivity index (χ0) is 16.8. The van der Waals surface area contributed by atoms with Crippen molar-refractivity contribution in [1.29, 1.82) is 0 Å². The summed E-state index contributed by atoms with van der Waals surface area (Å²) in [7, 11) is 0. The van der Waals surface area contributed by atoms with Gasteiger partial charge >= 0.3 is 0 Å². The van der Waals surface area contributed by atoms with Gasteiger partial charge in [-0.2, -0.15) is 0 Å². The van der Waals surface area contributed by atoms with E-state index in [1.807, 2.05) is 6.92 Å². The van der Waals surface area contributed by atoms with Crippen molar-refractivity contribution < 1.29 is 18.7 Å². The van der Waals surface area contributed by atoms with E-state index >= 15 is 0 Å². The first-order chi connectivity index (χ1) is 11.0. The highest BCUT2D eigenvalue weighted by Crippen LogP contribution is 2.17. The number of amides is 2. The Labute approximate surface area is 140 Å². The maximum absolute atomic E-state index is 13.2. The Morgan fingerprint density at radius 2 is 1.74 bits per heavy atom. The van der Waals surface area contributed by atoms with Crippen LogP contribution in [-0.4, -0.2) is 18.4 Å². The number of carbonyl (C=O) groups excluding carboxylic acids is 2. The number of halogens is 2. The minimum Gasteiger partial charge on any atom is -0.494 e. The van der Waals surface area contributed by atoms with Crippen molar-refractivity contribution in [2.24, 2.45) is 0 Å². The van der Waals surface area contributed by atoms with Crippen LogP contribution in [0, 0.1) is 5.82 Å². The third kappa shape index (κ3) is 4.53. The van der Waals surface area contributed by atoms with Crippen LogP contribution in [0.3, 0.4) is 0 Å². The molecule has 0 radical (unpaired) electrons. The van der Waals surface area contributed by atoms with Crippen molar-refractivity contribution in [3.05, 3.63) is 63.9 Å². The number of ether oxygens (including phenoxy) is 1. The normalized spacial score (nSPS) is 10.0. The zero-order valence-electron chi connectivity index (χ0n) is 12.2. The van der Waals surface area contributed by atoms with Gasteiger partial charge in [0.25, 0.3) is 11.8 Å². The molecule has 2 N–H and O–H groups in total. The third-order valence-electron chi connectivity index (χ3n) is 2.89. The first kappa shape index (κ1) is 17.0. The molecule has 120 valence electrons. The highest BCUT2D eigenvalue weighted by molar-refractivity contribution is 9.10. The molecule has 2 aromatic rings. The molecule has 0 aliphatic carbocycles. The zero-order valence-corrected chi connectivity index (χ0v) is 13.8. The number of rotatable bonds is 4. The predicted octanol–water partition coefficient (Wildman–Crippen LogP) is 3.06. The smallest absolute Gasteiger partial charge is 0.270 e. The number of hydrogen-bond acceptors (Lipinski definition) is 3. The Hall–Kier alpha value is -2.41. The van der Waals surface area contributed by atoms with Crippen LogP contribution in [0.4, 0.5) is 4.39 Å². The molecule has 0 heterocycles. The highest BCUT2D eigenvalue weighted by Gasteiger charge is 2.13. The summed E-state index contributed by atoms with van der Waals surface area (Å²) in [5.41, 5.74) is 4.95. The summed E-state index contributed by atoms with van der Waals surface area (Å²) in [6, 6.07) is 10.2. The fourth-order valence-electron chi connectivity index (χ4n) is 1.79. The Balaban J connectivity index is 1.98. The fourth-order valence-corrected chi connectivity index (χ4v) is 2.22. The second-order valence-corrected chi connectivity index (χ2v) is 5.34. The number of carbonyl (C=O) groups is 2. The molecule has 2 aromatic carbocycles. The molecule has 0 atom stereocenters. The summed E-state index contributed by atoms with van der Waals surface area (Å²) in [5, 5.41) is 0. The van der Waals surface area contributed by atoms with E-state index in [1.54, 1.807) is 24.3 Å². The lowest BCUT2D eigenvalue weighted by Gasteiger charge is -2.09. The molecule has 0 saturated heterocycles. The van der Waals surface area contributed by atoms with Gasteiger partial charge in [0.2, 0.25) is 0 Å². The molecule has 0 saturated carbocycles. The van der Waals surface area contributed by atoms with E-state index in [4.69, 9.17) is 4.74 Å². The van der Waals surface area contributed by atoms with Gasteiger partial charge in [-0.25, -0.2) is 4.39 Å².